The third kappa shape index (κ3) is 3.94. The first-order valence-electron chi connectivity index (χ1n) is 12.3. The molecule has 0 aliphatic rings. The van der Waals surface area contributed by atoms with Crippen molar-refractivity contribution in [2.45, 2.75) is 26.2 Å². The minimum absolute atomic E-state index is 0.164. The highest BCUT2D eigenvalue weighted by molar-refractivity contribution is 6.25. The average Bonchev–Trinajstić information content (AvgIpc) is 2.89. The highest BCUT2D eigenvalue weighted by Crippen LogP contribution is 2.37. The summed E-state index contributed by atoms with van der Waals surface area (Å²) in [6, 6.07) is 41.8. The van der Waals surface area contributed by atoms with E-state index in [1.165, 1.54) is 49.0 Å². The van der Waals surface area contributed by atoms with Crippen LogP contribution in [0.5, 0.6) is 0 Å². The van der Waals surface area contributed by atoms with Crippen LogP contribution < -0.4 is 5.32 Å². The molecule has 1 heteroatoms. The van der Waals surface area contributed by atoms with E-state index < -0.39 is 0 Å². The molecule has 0 spiro atoms. The number of rotatable bonds is 3. The first-order chi connectivity index (χ1) is 17.0. The highest BCUT2D eigenvalue weighted by atomic mass is 14.9. The molecule has 1 N–H and O–H groups in total. The Labute approximate surface area is 207 Å². The number of anilines is 2. The summed E-state index contributed by atoms with van der Waals surface area (Å²) in [6.45, 7) is 6.73. The van der Waals surface area contributed by atoms with Crippen LogP contribution in [0.15, 0.2) is 115 Å². The van der Waals surface area contributed by atoms with Gasteiger partial charge in [-0.3, -0.25) is 0 Å². The van der Waals surface area contributed by atoms with Gasteiger partial charge in [-0.15, -0.1) is 0 Å². The molecule has 6 aromatic rings. The molecule has 0 fully saturated rings. The van der Waals surface area contributed by atoms with Gasteiger partial charge in [0, 0.05) is 11.4 Å². The summed E-state index contributed by atoms with van der Waals surface area (Å²) in [5.41, 5.74) is 6.16. The second-order valence-electron chi connectivity index (χ2n) is 10.4. The third-order valence-electron chi connectivity index (χ3n) is 7.00. The Morgan fingerprint density at radius 3 is 1.37 bits per heavy atom. The van der Waals surface area contributed by atoms with E-state index in [2.05, 4.69) is 141 Å². The molecule has 1 nitrogen and oxygen atoms in total. The van der Waals surface area contributed by atoms with Crippen LogP contribution in [0.25, 0.3) is 43.4 Å². The van der Waals surface area contributed by atoms with Crippen LogP contribution in [0.4, 0.5) is 11.4 Å². The lowest BCUT2D eigenvalue weighted by molar-refractivity contribution is 0.590. The van der Waals surface area contributed by atoms with Gasteiger partial charge in [0.1, 0.15) is 0 Å². The van der Waals surface area contributed by atoms with Crippen molar-refractivity contribution >= 4 is 43.7 Å². The second kappa shape index (κ2) is 8.29. The van der Waals surface area contributed by atoms with Gasteiger partial charge in [0.2, 0.25) is 0 Å². The Kier molecular flexibility index (Phi) is 5.07. The fourth-order valence-corrected chi connectivity index (χ4v) is 5.05. The molecule has 0 heterocycles. The van der Waals surface area contributed by atoms with Crippen molar-refractivity contribution in [3.63, 3.8) is 0 Å². The van der Waals surface area contributed by atoms with E-state index in [1.807, 2.05) is 0 Å². The Hall–Kier alpha value is -4.10. The zero-order valence-electron chi connectivity index (χ0n) is 20.5. The molecule has 0 amide bonds. The minimum atomic E-state index is 0.164. The maximum absolute atomic E-state index is 3.54. The van der Waals surface area contributed by atoms with Crippen LogP contribution in [0.3, 0.4) is 0 Å². The standard InChI is InChI=1S/C34H29N/c1-34(2,3)25-15-19-27(20-16-25)35-26-17-12-23(13-18-26)24-14-21-32-30-10-5-4-8-28(30)29-9-6-7-11-31(29)33(32)22-24/h4-22,35H,1-3H3. The molecule has 0 unspecified atom stereocenters. The summed E-state index contributed by atoms with van der Waals surface area (Å²) >= 11 is 0. The molecule has 0 aliphatic carbocycles. The Bertz CT molecular complexity index is 1630. The third-order valence-corrected chi connectivity index (χ3v) is 7.00. The van der Waals surface area contributed by atoms with Crippen molar-refractivity contribution < 1.29 is 0 Å². The highest BCUT2D eigenvalue weighted by Gasteiger charge is 2.13. The first-order valence-corrected chi connectivity index (χ1v) is 12.3. The van der Waals surface area contributed by atoms with Crippen molar-refractivity contribution in [1.82, 2.24) is 0 Å². The van der Waals surface area contributed by atoms with Crippen LogP contribution in [0.1, 0.15) is 26.3 Å². The largest absolute Gasteiger partial charge is 0.356 e. The van der Waals surface area contributed by atoms with Crippen LogP contribution >= 0.6 is 0 Å². The lowest BCUT2D eigenvalue weighted by Crippen LogP contribution is -2.10. The van der Waals surface area contributed by atoms with Crippen LogP contribution in [-0.4, -0.2) is 0 Å². The first kappa shape index (κ1) is 21.4. The number of nitrogens with one attached hydrogen (secondary N) is 1. The maximum atomic E-state index is 3.54. The Morgan fingerprint density at radius 2 is 0.857 bits per heavy atom. The summed E-state index contributed by atoms with van der Waals surface area (Å²) in [7, 11) is 0. The molecule has 0 bridgehead atoms. The van der Waals surface area contributed by atoms with Gasteiger partial charge in [0.15, 0.2) is 0 Å². The predicted molar refractivity (Wildman–Crippen MR) is 153 cm³/mol. The van der Waals surface area contributed by atoms with Crippen molar-refractivity contribution in [2.24, 2.45) is 0 Å². The van der Waals surface area contributed by atoms with E-state index in [1.54, 1.807) is 0 Å². The summed E-state index contributed by atoms with van der Waals surface area (Å²) in [4.78, 5) is 0. The van der Waals surface area contributed by atoms with Gasteiger partial charge in [-0.25, -0.2) is 0 Å². The van der Waals surface area contributed by atoms with Gasteiger partial charge in [-0.2, -0.15) is 0 Å². The molecule has 6 rings (SSSR count). The molecule has 35 heavy (non-hydrogen) atoms. The van der Waals surface area contributed by atoms with E-state index in [-0.39, 0.29) is 5.41 Å². The fraction of sp³-hybridized carbons (Fsp3) is 0.118. The van der Waals surface area contributed by atoms with Crippen LogP contribution in [0.2, 0.25) is 0 Å². The number of benzene rings is 6. The Balaban J connectivity index is 1.35. The van der Waals surface area contributed by atoms with Crippen molar-refractivity contribution in [3.8, 4) is 11.1 Å². The summed E-state index contributed by atoms with van der Waals surface area (Å²) in [5.74, 6) is 0. The molecular weight excluding hydrogens is 422 g/mol. The molecule has 0 radical (unpaired) electrons. The lowest BCUT2D eigenvalue weighted by Gasteiger charge is -2.19. The molecule has 170 valence electrons. The molecule has 0 aliphatic heterocycles. The van der Waals surface area contributed by atoms with E-state index >= 15 is 0 Å². The second-order valence-corrected chi connectivity index (χ2v) is 10.4. The van der Waals surface area contributed by atoms with Gasteiger partial charge in [-0.1, -0.05) is 106 Å². The molecular formula is C34H29N. The fourth-order valence-electron chi connectivity index (χ4n) is 5.05. The monoisotopic (exact) mass is 451 g/mol. The summed E-state index contributed by atoms with van der Waals surface area (Å²) < 4.78 is 0. The van der Waals surface area contributed by atoms with Crippen LogP contribution in [0, 0.1) is 0 Å². The van der Waals surface area contributed by atoms with Crippen molar-refractivity contribution in [3.05, 3.63) is 121 Å². The molecule has 0 atom stereocenters. The van der Waals surface area contributed by atoms with E-state index in [9.17, 15) is 0 Å². The number of hydrogen-bond donors (Lipinski definition) is 1. The molecule has 0 saturated heterocycles. The van der Waals surface area contributed by atoms with Crippen LogP contribution in [-0.2, 0) is 5.41 Å². The van der Waals surface area contributed by atoms with Gasteiger partial charge < -0.3 is 5.32 Å². The average molecular weight is 452 g/mol. The van der Waals surface area contributed by atoms with Crippen molar-refractivity contribution in [1.29, 1.82) is 0 Å². The predicted octanol–water partition coefficient (Wildman–Crippen LogP) is 9.85. The van der Waals surface area contributed by atoms with E-state index in [0.717, 1.165) is 11.4 Å². The number of fused-ring (bicyclic) bond motifs is 6. The van der Waals surface area contributed by atoms with E-state index in [0.29, 0.717) is 0 Å². The van der Waals surface area contributed by atoms with Crippen molar-refractivity contribution in [2.75, 3.05) is 5.32 Å². The molecule has 0 aromatic heterocycles. The van der Waals surface area contributed by atoms with Gasteiger partial charge in [-0.05, 0) is 84.8 Å². The quantitative estimate of drug-likeness (QED) is 0.264. The summed E-state index contributed by atoms with van der Waals surface area (Å²) in [6.07, 6.45) is 0. The lowest BCUT2D eigenvalue weighted by atomic mass is 9.87. The zero-order chi connectivity index (χ0) is 24.0. The normalized spacial score (nSPS) is 11.9. The van der Waals surface area contributed by atoms with E-state index in [4.69, 9.17) is 0 Å². The maximum Gasteiger partial charge on any atom is 0.0384 e. The topological polar surface area (TPSA) is 12.0 Å². The van der Waals surface area contributed by atoms with Gasteiger partial charge in [0.25, 0.3) is 0 Å². The zero-order valence-corrected chi connectivity index (χ0v) is 20.5. The summed E-state index contributed by atoms with van der Waals surface area (Å²) in [5, 5.41) is 11.4. The SMILES string of the molecule is CC(C)(C)c1ccc(Nc2ccc(-c3ccc4c5ccccc5c5ccccc5c4c3)cc2)cc1. The van der Waals surface area contributed by atoms with Gasteiger partial charge >= 0.3 is 0 Å². The van der Waals surface area contributed by atoms with Gasteiger partial charge in [0.05, 0.1) is 0 Å². The Morgan fingerprint density at radius 1 is 0.429 bits per heavy atom. The smallest absolute Gasteiger partial charge is 0.0384 e. The number of hydrogen-bond acceptors (Lipinski definition) is 1. The minimum Gasteiger partial charge on any atom is -0.356 e. The molecule has 0 saturated carbocycles. The molecule has 6 aromatic carbocycles.